The molecule has 0 atom stereocenters. The van der Waals surface area contributed by atoms with Gasteiger partial charge in [-0.15, -0.1) is 0 Å². The Morgan fingerprint density at radius 2 is 1.40 bits per heavy atom. The molecule has 1 aromatic heterocycles. The van der Waals surface area contributed by atoms with Gasteiger partial charge in [0.1, 0.15) is 12.4 Å². The van der Waals surface area contributed by atoms with E-state index in [1.165, 1.54) is 70.8 Å². The number of unbranched alkanes of at least 4 members (excludes halogenated alkanes) is 8. The number of hydrogen-bond acceptors (Lipinski definition) is 0. The zero-order valence-corrected chi connectivity index (χ0v) is 14.0. The third kappa shape index (κ3) is 9.17. The molecule has 20 heavy (non-hydrogen) atoms. The van der Waals surface area contributed by atoms with Gasteiger partial charge in [0.2, 0.25) is 6.33 Å². The maximum absolute atomic E-state index is 2.33. The molecule has 2 nitrogen and oxygen atoms in total. The zero-order chi connectivity index (χ0) is 14.6. The van der Waals surface area contributed by atoms with Gasteiger partial charge in [-0.25, -0.2) is 9.13 Å². The molecule has 1 aromatic rings. The molecule has 0 spiro atoms. The number of rotatable bonds is 12. The van der Waals surface area contributed by atoms with E-state index in [2.05, 4.69) is 48.8 Å². The Kier molecular flexibility index (Phi) is 9.44. The first-order valence-electron chi connectivity index (χ1n) is 8.69. The Morgan fingerprint density at radius 3 is 1.90 bits per heavy atom. The van der Waals surface area contributed by atoms with Gasteiger partial charge in [-0.1, -0.05) is 65.2 Å². The molecule has 1 rings (SSSR count). The summed E-state index contributed by atoms with van der Waals surface area (Å²) in [7, 11) is 2.08. The third-order valence-electron chi connectivity index (χ3n) is 4.02. The second-order valence-corrected chi connectivity index (χ2v) is 6.68. The predicted molar refractivity (Wildman–Crippen MR) is 86.6 cm³/mol. The molecule has 0 saturated carbocycles. The molecule has 0 radical (unpaired) electrons. The molecule has 2 heteroatoms. The minimum atomic E-state index is 0.887. The molecular weight excluding hydrogens is 244 g/mol. The van der Waals surface area contributed by atoms with Crippen molar-refractivity contribution in [2.75, 3.05) is 0 Å². The van der Waals surface area contributed by atoms with Crippen molar-refractivity contribution in [2.45, 2.75) is 84.6 Å². The van der Waals surface area contributed by atoms with Crippen LogP contribution in [0.3, 0.4) is 0 Å². The first-order chi connectivity index (χ1) is 9.68. The van der Waals surface area contributed by atoms with Crippen molar-refractivity contribution in [3.63, 3.8) is 0 Å². The largest absolute Gasteiger partial charge is 0.243 e. The van der Waals surface area contributed by atoms with Gasteiger partial charge in [0, 0.05) is 0 Å². The normalized spacial score (nSPS) is 11.4. The molecule has 0 saturated heterocycles. The maximum atomic E-state index is 2.33. The molecule has 0 unspecified atom stereocenters. The second-order valence-electron chi connectivity index (χ2n) is 6.68. The topological polar surface area (TPSA) is 8.81 Å². The number of aromatic nitrogens is 2. The molecule has 0 amide bonds. The highest BCUT2D eigenvalue weighted by atomic mass is 15.1. The van der Waals surface area contributed by atoms with Gasteiger partial charge in [0.15, 0.2) is 0 Å². The lowest BCUT2D eigenvalue weighted by Crippen LogP contribution is -2.30. The maximum Gasteiger partial charge on any atom is 0.243 e. The zero-order valence-electron chi connectivity index (χ0n) is 14.0. The highest BCUT2D eigenvalue weighted by molar-refractivity contribution is 4.61. The van der Waals surface area contributed by atoms with Crippen LogP contribution in [0.4, 0.5) is 0 Å². The van der Waals surface area contributed by atoms with Crippen LogP contribution in [0.5, 0.6) is 0 Å². The summed E-state index contributed by atoms with van der Waals surface area (Å²) < 4.78 is 4.40. The Bertz CT molecular complexity index is 328. The van der Waals surface area contributed by atoms with Crippen molar-refractivity contribution in [3.8, 4) is 0 Å². The summed E-state index contributed by atoms with van der Waals surface area (Å²) in [5.41, 5.74) is 0. The minimum absolute atomic E-state index is 0.887. The van der Waals surface area contributed by atoms with Crippen molar-refractivity contribution < 1.29 is 4.57 Å². The van der Waals surface area contributed by atoms with Crippen LogP contribution in [0.1, 0.15) is 78.1 Å². The van der Waals surface area contributed by atoms with Crippen molar-refractivity contribution in [1.29, 1.82) is 0 Å². The van der Waals surface area contributed by atoms with Crippen LogP contribution >= 0.6 is 0 Å². The molecule has 1 heterocycles. The van der Waals surface area contributed by atoms with Crippen LogP contribution in [-0.4, -0.2) is 4.57 Å². The molecule has 0 aromatic carbocycles. The summed E-state index contributed by atoms with van der Waals surface area (Å²) in [5, 5.41) is 0. The van der Waals surface area contributed by atoms with E-state index in [1.807, 2.05) is 0 Å². The van der Waals surface area contributed by atoms with Gasteiger partial charge in [-0.05, 0) is 18.8 Å². The molecule has 0 bridgehead atoms. The van der Waals surface area contributed by atoms with Gasteiger partial charge < -0.3 is 0 Å². The molecule has 0 aliphatic rings. The molecule has 0 aliphatic carbocycles. The van der Waals surface area contributed by atoms with Gasteiger partial charge in [0.25, 0.3) is 0 Å². The van der Waals surface area contributed by atoms with Crippen molar-refractivity contribution in [3.05, 3.63) is 18.7 Å². The summed E-state index contributed by atoms with van der Waals surface area (Å²) in [4.78, 5) is 0. The van der Waals surface area contributed by atoms with Crippen LogP contribution in [0, 0.1) is 5.92 Å². The minimum Gasteiger partial charge on any atom is -0.240 e. The van der Waals surface area contributed by atoms with Crippen molar-refractivity contribution in [1.82, 2.24) is 4.57 Å². The summed E-state index contributed by atoms with van der Waals surface area (Å²) in [6.07, 6.45) is 20.6. The van der Waals surface area contributed by atoms with Crippen molar-refractivity contribution in [2.24, 2.45) is 13.0 Å². The molecule has 0 fully saturated rings. The van der Waals surface area contributed by atoms with E-state index in [9.17, 15) is 0 Å². The van der Waals surface area contributed by atoms with E-state index in [0.29, 0.717) is 0 Å². The Labute approximate surface area is 126 Å². The van der Waals surface area contributed by atoms with E-state index >= 15 is 0 Å². The predicted octanol–water partition coefficient (Wildman–Crippen LogP) is 4.87. The van der Waals surface area contributed by atoms with Crippen LogP contribution in [-0.2, 0) is 13.6 Å². The quantitative estimate of drug-likeness (QED) is 0.381. The molecular formula is C18H35N2+. The summed E-state index contributed by atoms with van der Waals surface area (Å²) in [6.45, 7) is 5.83. The summed E-state index contributed by atoms with van der Waals surface area (Å²) in [6, 6.07) is 0. The summed E-state index contributed by atoms with van der Waals surface area (Å²) >= 11 is 0. The first-order valence-corrected chi connectivity index (χ1v) is 8.69. The van der Waals surface area contributed by atoms with Gasteiger partial charge in [0.05, 0.1) is 13.6 Å². The number of hydrogen-bond donors (Lipinski definition) is 0. The summed E-state index contributed by atoms with van der Waals surface area (Å²) in [5.74, 6) is 0.887. The van der Waals surface area contributed by atoms with Crippen LogP contribution in [0.15, 0.2) is 18.7 Å². The smallest absolute Gasteiger partial charge is 0.240 e. The Morgan fingerprint density at radius 1 is 0.850 bits per heavy atom. The molecule has 116 valence electrons. The lowest BCUT2D eigenvalue weighted by atomic mass is 10.0. The average Bonchev–Trinajstić information content (AvgIpc) is 2.81. The van der Waals surface area contributed by atoms with Crippen LogP contribution in [0.25, 0.3) is 0 Å². The monoisotopic (exact) mass is 279 g/mol. The fraction of sp³-hybridized carbons (Fsp3) is 0.833. The highest BCUT2D eigenvalue weighted by Gasteiger charge is 1.99. The second kappa shape index (κ2) is 10.9. The van der Waals surface area contributed by atoms with Gasteiger partial charge >= 0.3 is 0 Å². The molecule has 0 N–H and O–H groups in total. The highest BCUT2D eigenvalue weighted by Crippen LogP contribution is 2.12. The number of nitrogens with zero attached hydrogens (tertiary/aromatic N) is 2. The Hall–Kier alpha value is -0.790. The SMILES string of the molecule is CC(C)CCCCCCCCCCC[n+]1ccn(C)c1. The lowest BCUT2D eigenvalue weighted by molar-refractivity contribution is -0.696. The molecule has 0 aliphatic heterocycles. The fourth-order valence-corrected chi connectivity index (χ4v) is 2.72. The first kappa shape index (κ1) is 17.3. The lowest BCUT2D eigenvalue weighted by Gasteiger charge is -2.04. The van der Waals surface area contributed by atoms with E-state index in [4.69, 9.17) is 0 Å². The van der Waals surface area contributed by atoms with Crippen LogP contribution < -0.4 is 4.57 Å². The number of imidazole rings is 1. The van der Waals surface area contributed by atoms with E-state index in [-0.39, 0.29) is 0 Å². The van der Waals surface area contributed by atoms with Crippen molar-refractivity contribution >= 4 is 0 Å². The van der Waals surface area contributed by atoms with Gasteiger partial charge in [-0.3, -0.25) is 0 Å². The van der Waals surface area contributed by atoms with Gasteiger partial charge in [-0.2, -0.15) is 0 Å². The van der Waals surface area contributed by atoms with E-state index < -0.39 is 0 Å². The van der Waals surface area contributed by atoms with E-state index in [0.717, 1.165) is 5.92 Å². The Balaban J connectivity index is 1.79. The van der Waals surface area contributed by atoms with E-state index in [1.54, 1.807) is 0 Å². The van der Waals surface area contributed by atoms with Crippen LogP contribution in [0.2, 0.25) is 0 Å². The fourth-order valence-electron chi connectivity index (χ4n) is 2.72. The average molecular weight is 279 g/mol. The number of aryl methyl sites for hydroxylation is 2. The standard InChI is InChI=1S/C18H35N2/c1-18(2)13-11-9-7-5-4-6-8-10-12-14-20-16-15-19(3)17-20/h15-18H,4-14H2,1-3H3/q+1. The third-order valence-corrected chi connectivity index (χ3v) is 4.02.